The van der Waals surface area contributed by atoms with Crippen molar-refractivity contribution in [2.45, 2.75) is 46.6 Å². The average Bonchev–Trinajstić information content (AvgIpc) is 2.36. The summed E-state index contributed by atoms with van der Waals surface area (Å²) < 4.78 is 5.71. The molecule has 0 aromatic rings. The van der Waals surface area contributed by atoms with Crippen LogP contribution in [0, 0.1) is 11.8 Å². The van der Waals surface area contributed by atoms with Crippen LogP contribution in [0.25, 0.3) is 0 Å². The maximum absolute atomic E-state index is 11.5. The number of ether oxygens (including phenoxy) is 1. The smallest absolute Gasteiger partial charge is 0.222 e. The number of amides is 1. The summed E-state index contributed by atoms with van der Waals surface area (Å²) in [6.45, 7) is 12.9. The Morgan fingerprint density at radius 2 is 2.11 bits per heavy atom. The van der Waals surface area contributed by atoms with Gasteiger partial charge in [-0.2, -0.15) is 0 Å². The number of morpholine rings is 1. The summed E-state index contributed by atoms with van der Waals surface area (Å²) in [5, 5.41) is 2.96. The lowest BCUT2D eigenvalue weighted by Crippen LogP contribution is -2.48. The lowest BCUT2D eigenvalue weighted by molar-refractivity contribution is -0.125. The number of carbonyl (C=O) groups is 1. The normalized spacial score (nSPS) is 21.1. The Labute approximate surface area is 117 Å². The van der Waals surface area contributed by atoms with Gasteiger partial charge in [-0.1, -0.05) is 27.7 Å². The van der Waals surface area contributed by atoms with E-state index in [1.165, 1.54) is 12.8 Å². The predicted molar refractivity (Wildman–Crippen MR) is 78.1 cm³/mol. The van der Waals surface area contributed by atoms with E-state index < -0.39 is 0 Å². The highest BCUT2D eigenvalue weighted by Crippen LogP contribution is 2.09. The first-order valence-electron chi connectivity index (χ1n) is 7.60. The van der Waals surface area contributed by atoms with E-state index in [9.17, 15) is 4.79 Å². The number of nitrogens with one attached hydrogen (secondary N) is 1. The largest absolute Gasteiger partial charge is 0.374 e. The van der Waals surface area contributed by atoms with Crippen LogP contribution in [0.15, 0.2) is 0 Å². The molecule has 1 fully saturated rings. The summed E-state index contributed by atoms with van der Waals surface area (Å²) in [5.41, 5.74) is 0. The molecule has 1 heterocycles. The first-order chi connectivity index (χ1) is 8.99. The summed E-state index contributed by atoms with van der Waals surface area (Å²) >= 11 is 0. The Kier molecular flexibility index (Phi) is 7.39. The highest BCUT2D eigenvalue weighted by atomic mass is 16.5. The van der Waals surface area contributed by atoms with Crippen LogP contribution in [-0.2, 0) is 9.53 Å². The highest BCUT2D eigenvalue weighted by molar-refractivity contribution is 5.77. The second-order valence-corrected chi connectivity index (χ2v) is 6.23. The highest BCUT2D eigenvalue weighted by Gasteiger charge is 2.21. The zero-order valence-corrected chi connectivity index (χ0v) is 12.9. The summed E-state index contributed by atoms with van der Waals surface area (Å²) in [5.74, 6) is 0.938. The second-order valence-electron chi connectivity index (χ2n) is 6.23. The molecule has 0 aliphatic carbocycles. The predicted octanol–water partition coefficient (Wildman–Crippen LogP) is 1.90. The molecule has 4 heteroatoms. The van der Waals surface area contributed by atoms with Crippen LogP contribution in [0.1, 0.15) is 40.5 Å². The molecule has 1 rings (SSSR count). The van der Waals surface area contributed by atoms with Gasteiger partial charge in [0.25, 0.3) is 0 Å². The van der Waals surface area contributed by atoms with Gasteiger partial charge in [-0.05, 0) is 25.3 Å². The van der Waals surface area contributed by atoms with Crippen LogP contribution in [0.3, 0.4) is 0 Å². The fourth-order valence-corrected chi connectivity index (χ4v) is 2.25. The maximum Gasteiger partial charge on any atom is 0.222 e. The summed E-state index contributed by atoms with van der Waals surface area (Å²) in [6, 6.07) is 0. The molecule has 1 aliphatic heterocycles. The van der Waals surface area contributed by atoms with Crippen molar-refractivity contribution in [3.05, 3.63) is 0 Å². The first kappa shape index (κ1) is 16.4. The molecular weight excluding hydrogens is 240 g/mol. The van der Waals surface area contributed by atoms with Crippen molar-refractivity contribution in [2.75, 3.05) is 32.8 Å². The molecule has 0 aromatic carbocycles. The van der Waals surface area contributed by atoms with Gasteiger partial charge in [0.1, 0.15) is 0 Å². The van der Waals surface area contributed by atoms with Gasteiger partial charge in [-0.25, -0.2) is 0 Å². The molecule has 0 aromatic heterocycles. The quantitative estimate of drug-likeness (QED) is 0.768. The molecule has 1 amide bonds. The third-order valence-electron chi connectivity index (χ3n) is 3.51. The Balaban J connectivity index is 2.20. The SMILES string of the molecule is CC(C)CCCN1CCO[C@H](CNC(=O)C(C)C)C1. The Hall–Kier alpha value is -0.610. The lowest BCUT2D eigenvalue weighted by Gasteiger charge is -2.33. The molecule has 112 valence electrons. The summed E-state index contributed by atoms with van der Waals surface area (Å²) in [7, 11) is 0. The zero-order valence-electron chi connectivity index (χ0n) is 12.9. The molecule has 0 bridgehead atoms. The van der Waals surface area contributed by atoms with Crippen LogP contribution in [0.2, 0.25) is 0 Å². The molecule has 1 atom stereocenters. The minimum absolute atomic E-state index is 0.0470. The Morgan fingerprint density at radius 1 is 1.37 bits per heavy atom. The Bertz CT molecular complexity index is 267. The molecule has 0 radical (unpaired) electrons. The number of nitrogens with zero attached hydrogens (tertiary/aromatic N) is 1. The molecule has 0 saturated carbocycles. The van der Waals surface area contributed by atoms with Crippen molar-refractivity contribution in [1.82, 2.24) is 10.2 Å². The molecule has 4 nitrogen and oxygen atoms in total. The van der Waals surface area contributed by atoms with Gasteiger partial charge in [0, 0.05) is 25.6 Å². The third-order valence-corrected chi connectivity index (χ3v) is 3.51. The topological polar surface area (TPSA) is 41.6 Å². The monoisotopic (exact) mass is 270 g/mol. The van der Waals surface area contributed by atoms with Crippen molar-refractivity contribution >= 4 is 5.91 Å². The maximum atomic E-state index is 11.5. The van der Waals surface area contributed by atoms with E-state index in [-0.39, 0.29) is 17.9 Å². The van der Waals surface area contributed by atoms with Crippen molar-refractivity contribution in [3.8, 4) is 0 Å². The number of carbonyl (C=O) groups excluding carboxylic acids is 1. The molecule has 1 N–H and O–H groups in total. The van der Waals surface area contributed by atoms with Crippen molar-refractivity contribution < 1.29 is 9.53 Å². The van der Waals surface area contributed by atoms with Gasteiger partial charge in [0.05, 0.1) is 12.7 Å². The van der Waals surface area contributed by atoms with Gasteiger partial charge >= 0.3 is 0 Å². The van der Waals surface area contributed by atoms with Crippen molar-refractivity contribution in [2.24, 2.45) is 11.8 Å². The van der Waals surface area contributed by atoms with Gasteiger partial charge in [0.2, 0.25) is 5.91 Å². The minimum Gasteiger partial charge on any atom is -0.374 e. The number of hydrogen-bond donors (Lipinski definition) is 1. The van der Waals surface area contributed by atoms with Crippen molar-refractivity contribution in [3.63, 3.8) is 0 Å². The zero-order chi connectivity index (χ0) is 14.3. The van der Waals surface area contributed by atoms with Gasteiger partial charge in [-0.3, -0.25) is 9.69 Å². The fraction of sp³-hybridized carbons (Fsp3) is 0.933. The van der Waals surface area contributed by atoms with E-state index in [4.69, 9.17) is 4.74 Å². The third kappa shape index (κ3) is 6.92. The van der Waals surface area contributed by atoms with Crippen LogP contribution < -0.4 is 5.32 Å². The van der Waals surface area contributed by atoms with Gasteiger partial charge in [-0.15, -0.1) is 0 Å². The summed E-state index contributed by atoms with van der Waals surface area (Å²) in [6.07, 6.45) is 2.69. The standard InChI is InChI=1S/C15H30N2O2/c1-12(2)6-5-7-17-8-9-19-14(11-17)10-16-15(18)13(3)4/h12-14H,5-11H2,1-4H3,(H,16,18)/t14-/m1/s1. The van der Waals surface area contributed by atoms with E-state index in [2.05, 4.69) is 24.1 Å². The van der Waals surface area contributed by atoms with Crippen LogP contribution in [-0.4, -0.2) is 49.7 Å². The van der Waals surface area contributed by atoms with E-state index in [1.54, 1.807) is 0 Å². The number of hydrogen-bond acceptors (Lipinski definition) is 3. The molecule has 0 unspecified atom stereocenters. The molecule has 19 heavy (non-hydrogen) atoms. The van der Waals surface area contributed by atoms with Crippen LogP contribution in [0.4, 0.5) is 0 Å². The lowest BCUT2D eigenvalue weighted by atomic mass is 10.1. The van der Waals surface area contributed by atoms with E-state index in [0.717, 1.165) is 32.2 Å². The Morgan fingerprint density at radius 3 is 2.74 bits per heavy atom. The average molecular weight is 270 g/mol. The molecule has 1 saturated heterocycles. The summed E-state index contributed by atoms with van der Waals surface area (Å²) in [4.78, 5) is 14.0. The van der Waals surface area contributed by atoms with Crippen molar-refractivity contribution in [1.29, 1.82) is 0 Å². The van der Waals surface area contributed by atoms with Crippen LogP contribution >= 0.6 is 0 Å². The van der Waals surface area contributed by atoms with E-state index in [1.807, 2.05) is 13.8 Å². The molecule has 1 aliphatic rings. The second kappa shape index (κ2) is 8.54. The fourth-order valence-electron chi connectivity index (χ4n) is 2.25. The van der Waals surface area contributed by atoms with E-state index >= 15 is 0 Å². The number of rotatable bonds is 7. The van der Waals surface area contributed by atoms with E-state index in [0.29, 0.717) is 6.54 Å². The first-order valence-corrected chi connectivity index (χ1v) is 7.60. The van der Waals surface area contributed by atoms with Gasteiger partial charge in [0.15, 0.2) is 0 Å². The van der Waals surface area contributed by atoms with Crippen LogP contribution in [0.5, 0.6) is 0 Å². The minimum atomic E-state index is 0.0470. The molecular formula is C15H30N2O2. The molecule has 0 spiro atoms. The van der Waals surface area contributed by atoms with Gasteiger partial charge < -0.3 is 10.1 Å².